The third-order valence-electron chi connectivity index (χ3n) is 6.32. The van der Waals surface area contributed by atoms with E-state index in [1.165, 1.54) is 11.1 Å². The number of ether oxygens (including phenoxy) is 3. The van der Waals surface area contributed by atoms with Crippen LogP contribution in [0.15, 0.2) is 60.9 Å². The maximum absolute atomic E-state index is 12.3. The van der Waals surface area contributed by atoms with Crippen LogP contribution in [0.1, 0.15) is 22.7 Å². The Kier molecular flexibility index (Phi) is 8.05. The van der Waals surface area contributed by atoms with Gasteiger partial charge in [-0.2, -0.15) is 0 Å². The quantitative estimate of drug-likeness (QED) is 0.484. The van der Waals surface area contributed by atoms with E-state index in [4.69, 9.17) is 14.2 Å². The van der Waals surface area contributed by atoms with Gasteiger partial charge in [0.1, 0.15) is 5.75 Å². The predicted molar refractivity (Wildman–Crippen MR) is 136 cm³/mol. The molecule has 2 heterocycles. The van der Waals surface area contributed by atoms with Gasteiger partial charge in [-0.1, -0.05) is 12.1 Å². The Morgan fingerprint density at radius 2 is 1.80 bits per heavy atom. The minimum Gasteiger partial charge on any atom is -0.497 e. The second kappa shape index (κ2) is 11.6. The lowest BCUT2D eigenvalue weighted by atomic mass is 9.88. The topological polar surface area (TPSA) is 85.0 Å². The van der Waals surface area contributed by atoms with Crippen LogP contribution in [-0.4, -0.2) is 56.9 Å². The summed E-state index contributed by atoms with van der Waals surface area (Å²) < 4.78 is 16.4. The highest BCUT2D eigenvalue weighted by Gasteiger charge is 2.28. The molecule has 0 radical (unpaired) electrons. The predicted octanol–water partition coefficient (Wildman–Crippen LogP) is 4.07. The van der Waals surface area contributed by atoms with Gasteiger partial charge in [0.2, 0.25) is 0 Å². The minimum absolute atomic E-state index is 0.160. The summed E-state index contributed by atoms with van der Waals surface area (Å²) in [6.45, 7) is 2.16. The number of carbonyl (C=O) groups excluding carboxylic acids is 1. The maximum atomic E-state index is 12.3. The highest BCUT2D eigenvalue weighted by Crippen LogP contribution is 2.36. The number of pyridine rings is 1. The molecule has 1 aliphatic heterocycles. The number of hydrogen-bond donors (Lipinski definition) is 2. The Morgan fingerprint density at radius 3 is 2.54 bits per heavy atom. The van der Waals surface area contributed by atoms with Gasteiger partial charge in [-0.3, -0.25) is 9.88 Å². The molecule has 35 heavy (non-hydrogen) atoms. The van der Waals surface area contributed by atoms with Crippen LogP contribution in [0.25, 0.3) is 0 Å². The van der Waals surface area contributed by atoms with E-state index in [-0.39, 0.29) is 12.1 Å². The number of carbonyl (C=O) groups is 1. The van der Waals surface area contributed by atoms with Crippen molar-refractivity contribution in [1.82, 2.24) is 15.2 Å². The van der Waals surface area contributed by atoms with E-state index in [0.717, 1.165) is 43.0 Å². The molecule has 0 saturated heterocycles. The molecule has 0 saturated carbocycles. The fraction of sp³-hybridized carbons (Fsp3) is 0.333. The number of methoxy groups -OCH3 is 3. The molecule has 1 aliphatic rings. The molecule has 2 aromatic carbocycles. The Hall–Kier alpha value is -3.78. The first-order valence-corrected chi connectivity index (χ1v) is 11.7. The van der Waals surface area contributed by atoms with Gasteiger partial charge in [0.25, 0.3) is 0 Å². The number of amides is 2. The number of hydrogen-bond acceptors (Lipinski definition) is 6. The molecule has 184 valence electrons. The zero-order valence-corrected chi connectivity index (χ0v) is 20.4. The zero-order valence-electron chi connectivity index (χ0n) is 20.4. The molecule has 2 N–H and O–H groups in total. The average Bonchev–Trinajstić information content (AvgIpc) is 2.89. The standard InChI is InChI=1S/C27H32N4O4/c1-33-22-5-6-23-20(18-22)10-14-31(15-13-29-27(32)30-21-8-11-28-12-9-21)24(23)16-19-4-7-25(34-2)26(17-19)35-3/h4-9,11-12,17-18,24H,10,13-16H2,1-3H3,(H2,28,29,30,32). The summed E-state index contributed by atoms with van der Waals surface area (Å²) in [5, 5.41) is 5.80. The number of urea groups is 1. The van der Waals surface area contributed by atoms with Gasteiger partial charge in [0.15, 0.2) is 11.5 Å². The highest BCUT2D eigenvalue weighted by atomic mass is 16.5. The van der Waals surface area contributed by atoms with Crippen molar-refractivity contribution < 1.29 is 19.0 Å². The number of fused-ring (bicyclic) bond motifs is 1. The number of nitrogens with one attached hydrogen (secondary N) is 2. The summed E-state index contributed by atoms with van der Waals surface area (Å²) in [4.78, 5) is 18.7. The number of rotatable bonds is 9. The molecule has 0 spiro atoms. The summed E-state index contributed by atoms with van der Waals surface area (Å²) in [7, 11) is 4.99. The van der Waals surface area contributed by atoms with Gasteiger partial charge in [-0.05, 0) is 65.9 Å². The minimum atomic E-state index is -0.227. The number of anilines is 1. The van der Waals surface area contributed by atoms with Crippen LogP contribution in [0.5, 0.6) is 17.2 Å². The van der Waals surface area contributed by atoms with Crippen LogP contribution < -0.4 is 24.8 Å². The SMILES string of the molecule is COc1ccc2c(c1)CCN(CCNC(=O)Nc1ccncc1)C2Cc1ccc(OC)c(OC)c1. The van der Waals surface area contributed by atoms with Gasteiger partial charge < -0.3 is 24.8 Å². The molecular weight excluding hydrogens is 444 g/mol. The van der Waals surface area contributed by atoms with Crippen molar-refractivity contribution in [2.75, 3.05) is 46.3 Å². The molecule has 8 nitrogen and oxygen atoms in total. The van der Waals surface area contributed by atoms with E-state index in [2.05, 4.69) is 38.7 Å². The number of aromatic nitrogens is 1. The summed E-state index contributed by atoms with van der Waals surface area (Å²) in [5.74, 6) is 2.31. The van der Waals surface area contributed by atoms with Gasteiger partial charge >= 0.3 is 6.03 Å². The third-order valence-corrected chi connectivity index (χ3v) is 6.32. The molecule has 0 fully saturated rings. The summed E-state index contributed by atoms with van der Waals surface area (Å²) >= 11 is 0. The Balaban J connectivity index is 1.48. The molecular formula is C27H32N4O4. The van der Waals surface area contributed by atoms with E-state index in [1.807, 2.05) is 18.2 Å². The maximum Gasteiger partial charge on any atom is 0.319 e. The van der Waals surface area contributed by atoms with Crippen molar-refractivity contribution in [2.45, 2.75) is 18.9 Å². The molecule has 4 rings (SSSR count). The molecule has 1 atom stereocenters. The van der Waals surface area contributed by atoms with Crippen LogP contribution in [0.2, 0.25) is 0 Å². The Bertz CT molecular complexity index is 1140. The zero-order chi connectivity index (χ0) is 24.6. The van der Waals surface area contributed by atoms with Crippen molar-refractivity contribution in [2.24, 2.45) is 0 Å². The summed E-state index contributed by atoms with van der Waals surface area (Å²) in [6.07, 6.45) is 5.03. The first-order valence-electron chi connectivity index (χ1n) is 11.7. The van der Waals surface area contributed by atoms with Crippen LogP contribution in [0.3, 0.4) is 0 Å². The Labute approximate surface area is 206 Å². The molecule has 1 aromatic heterocycles. The molecule has 0 aliphatic carbocycles. The fourth-order valence-electron chi connectivity index (χ4n) is 4.53. The van der Waals surface area contributed by atoms with E-state index in [9.17, 15) is 4.79 Å². The van der Waals surface area contributed by atoms with E-state index in [0.29, 0.717) is 18.0 Å². The summed E-state index contributed by atoms with van der Waals surface area (Å²) in [6, 6.07) is 15.8. The van der Waals surface area contributed by atoms with Crippen molar-refractivity contribution in [3.63, 3.8) is 0 Å². The average molecular weight is 477 g/mol. The first-order chi connectivity index (χ1) is 17.1. The van der Waals surface area contributed by atoms with Gasteiger partial charge in [-0.25, -0.2) is 4.79 Å². The lowest BCUT2D eigenvalue weighted by Gasteiger charge is -2.38. The highest BCUT2D eigenvalue weighted by molar-refractivity contribution is 5.89. The molecule has 1 unspecified atom stereocenters. The largest absolute Gasteiger partial charge is 0.497 e. The fourth-order valence-corrected chi connectivity index (χ4v) is 4.53. The lowest BCUT2D eigenvalue weighted by Crippen LogP contribution is -2.42. The number of nitrogens with zero attached hydrogens (tertiary/aromatic N) is 2. The normalized spacial score (nSPS) is 15.1. The van der Waals surface area contributed by atoms with E-state index in [1.54, 1.807) is 45.9 Å². The van der Waals surface area contributed by atoms with Crippen molar-refractivity contribution in [3.05, 3.63) is 77.6 Å². The number of benzene rings is 2. The monoisotopic (exact) mass is 476 g/mol. The van der Waals surface area contributed by atoms with Crippen molar-refractivity contribution in [1.29, 1.82) is 0 Å². The first kappa shape index (κ1) is 24.3. The van der Waals surface area contributed by atoms with Crippen LogP contribution >= 0.6 is 0 Å². The van der Waals surface area contributed by atoms with Gasteiger partial charge in [0, 0.05) is 43.8 Å². The van der Waals surface area contributed by atoms with Gasteiger partial charge in [-0.15, -0.1) is 0 Å². The molecule has 3 aromatic rings. The van der Waals surface area contributed by atoms with E-state index < -0.39 is 0 Å². The second-order valence-corrected chi connectivity index (χ2v) is 8.38. The lowest BCUT2D eigenvalue weighted by molar-refractivity contribution is 0.184. The summed E-state index contributed by atoms with van der Waals surface area (Å²) in [5.41, 5.74) is 4.46. The van der Waals surface area contributed by atoms with Crippen LogP contribution in [-0.2, 0) is 12.8 Å². The second-order valence-electron chi connectivity index (χ2n) is 8.38. The molecule has 2 amide bonds. The van der Waals surface area contributed by atoms with Crippen molar-refractivity contribution in [3.8, 4) is 17.2 Å². The van der Waals surface area contributed by atoms with Gasteiger partial charge in [0.05, 0.1) is 21.3 Å². The van der Waals surface area contributed by atoms with E-state index >= 15 is 0 Å². The smallest absolute Gasteiger partial charge is 0.319 e. The van der Waals surface area contributed by atoms with Crippen LogP contribution in [0, 0.1) is 0 Å². The third kappa shape index (κ3) is 6.02. The Morgan fingerprint density at radius 1 is 1.00 bits per heavy atom. The van der Waals surface area contributed by atoms with Crippen molar-refractivity contribution >= 4 is 11.7 Å². The van der Waals surface area contributed by atoms with Crippen LogP contribution in [0.4, 0.5) is 10.5 Å². The molecule has 8 heteroatoms. The molecule has 0 bridgehead atoms.